The third kappa shape index (κ3) is 3.13. The van der Waals surface area contributed by atoms with Crippen molar-refractivity contribution in [3.63, 3.8) is 0 Å². The van der Waals surface area contributed by atoms with Gasteiger partial charge in [-0.25, -0.2) is 14.8 Å². The van der Waals surface area contributed by atoms with Crippen LogP contribution in [-0.4, -0.2) is 40.6 Å². The van der Waals surface area contributed by atoms with Crippen LogP contribution >= 0.6 is 11.6 Å². The van der Waals surface area contributed by atoms with Crippen LogP contribution in [0.15, 0.2) is 24.4 Å². The van der Waals surface area contributed by atoms with Crippen molar-refractivity contribution in [2.24, 2.45) is 0 Å². The summed E-state index contributed by atoms with van der Waals surface area (Å²) < 4.78 is 0. The maximum atomic E-state index is 12.9. The average molecular weight is 401 g/mol. The Hall–Kier alpha value is -2.54. The van der Waals surface area contributed by atoms with Gasteiger partial charge in [0.25, 0.3) is 0 Å². The van der Waals surface area contributed by atoms with Crippen LogP contribution in [0.2, 0.25) is 5.02 Å². The molecule has 28 heavy (non-hydrogen) atoms. The van der Waals surface area contributed by atoms with Crippen molar-refractivity contribution < 1.29 is 4.79 Å². The van der Waals surface area contributed by atoms with Gasteiger partial charge < -0.3 is 5.32 Å². The highest BCUT2D eigenvalue weighted by Crippen LogP contribution is 2.39. The van der Waals surface area contributed by atoms with Gasteiger partial charge in [-0.2, -0.15) is 4.98 Å². The number of hydrogen-bond donors (Lipinski definition) is 1. The van der Waals surface area contributed by atoms with E-state index in [0.717, 1.165) is 35.6 Å². The molecule has 1 aliphatic heterocycles. The van der Waals surface area contributed by atoms with Gasteiger partial charge in [0, 0.05) is 24.3 Å². The SMILES string of the molecule is CCN1C(=O)N(C)c2cnc(Nc3cccc(Cl)c3C)nc2N1C1CCCC1. The van der Waals surface area contributed by atoms with Crippen molar-refractivity contribution in [2.45, 2.75) is 45.6 Å². The monoisotopic (exact) mass is 400 g/mol. The molecule has 1 aliphatic carbocycles. The number of urea groups is 1. The van der Waals surface area contributed by atoms with Crippen LogP contribution < -0.4 is 15.2 Å². The number of rotatable bonds is 4. The number of hydrazine groups is 1. The van der Waals surface area contributed by atoms with Gasteiger partial charge in [0.05, 0.1) is 12.2 Å². The molecule has 0 spiro atoms. The van der Waals surface area contributed by atoms with Gasteiger partial charge >= 0.3 is 6.03 Å². The van der Waals surface area contributed by atoms with Crippen LogP contribution in [0.3, 0.4) is 0 Å². The summed E-state index contributed by atoms with van der Waals surface area (Å²) in [5.41, 5.74) is 2.54. The number of halogens is 1. The lowest BCUT2D eigenvalue weighted by atomic mass is 10.2. The van der Waals surface area contributed by atoms with Crippen molar-refractivity contribution in [1.29, 1.82) is 0 Å². The number of anilines is 4. The van der Waals surface area contributed by atoms with Gasteiger partial charge in [-0.15, -0.1) is 0 Å². The zero-order valence-electron chi connectivity index (χ0n) is 16.4. The molecular weight excluding hydrogens is 376 g/mol. The first kappa shape index (κ1) is 18.8. The topological polar surface area (TPSA) is 64.6 Å². The lowest BCUT2D eigenvalue weighted by Gasteiger charge is -2.45. The highest BCUT2D eigenvalue weighted by atomic mass is 35.5. The second-order valence-corrected chi connectivity index (χ2v) is 7.69. The minimum Gasteiger partial charge on any atom is -0.324 e. The third-order valence-electron chi connectivity index (χ3n) is 5.58. The van der Waals surface area contributed by atoms with Gasteiger partial charge in [-0.3, -0.25) is 9.91 Å². The molecule has 0 radical (unpaired) electrons. The lowest BCUT2D eigenvalue weighted by molar-refractivity contribution is 0.191. The molecule has 0 bridgehead atoms. The van der Waals surface area contributed by atoms with Crippen molar-refractivity contribution in [3.8, 4) is 0 Å². The van der Waals surface area contributed by atoms with E-state index in [-0.39, 0.29) is 12.1 Å². The summed E-state index contributed by atoms with van der Waals surface area (Å²) in [6.45, 7) is 4.55. The largest absolute Gasteiger partial charge is 0.343 e. The molecule has 0 unspecified atom stereocenters. The summed E-state index contributed by atoms with van der Waals surface area (Å²) in [6, 6.07) is 5.94. The van der Waals surface area contributed by atoms with Crippen LogP contribution in [0, 0.1) is 6.92 Å². The number of carbonyl (C=O) groups is 1. The molecule has 0 saturated heterocycles. The predicted octanol–water partition coefficient (Wildman–Crippen LogP) is 4.74. The quantitative estimate of drug-likeness (QED) is 0.803. The summed E-state index contributed by atoms with van der Waals surface area (Å²) in [7, 11) is 1.77. The third-order valence-corrected chi connectivity index (χ3v) is 5.99. The fourth-order valence-corrected chi connectivity index (χ4v) is 4.16. The van der Waals surface area contributed by atoms with Gasteiger partial charge in [0.15, 0.2) is 5.82 Å². The fourth-order valence-electron chi connectivity index (χ4n) is 3.98. The molecule has 2 aromatic rings. The molecular formula is C20H25ClN6O. The van der Waals surface area contributed by atoms with Crippen LogP contribution in [-0.2, 0) is 0 Å². The molecule has 7 nitrogen and oxygen atoms in total. The summed E-state index contributed by atoms with van der Waals surface area (Å²) in [5.74, 6) is 1.26. The molecule has 1 saturated carbocycles. The molecule has 1 aromatic carbocycles. The Morgan fingerprint density at radius 2 is 2.04 bits per heavy atom. The number of amides is 2. The average Bonchev–Trinajstić information content (AvgIpc) is 3.22. The van der Waals surface area contributed by atoms with E-state index in [2.05, 4.69) is 15.3 Å². The van der Waals surface area contributed by atoms with Gasteiger partial charge in [-0.05, 0) is 44.4 Å². The molecule has 0 atom stereocenters. The van der Waals surface area contributed by atoms with Gasteiger partial charge in [-0.1, -0.05) is 30.5 Å². The van der Waals surface area contributed by atoms with E-state index in [1.165, 1.54) is 12.8 Å². The number of nitrogens with one attached hydrogen (secondary N) is 1. The molecule has 1 N–H and O–H groups in total. The van der Waals surface area contributed by atoms with Crippen molar-refractivity contribution in [3.05, 3.63) is 35.0 Å². The molecule has 148 valence electrons. The van der Waals surface area contributed by atoms with Crippen molar-refractivity contribution in [2.75, 3.05) is 28.8 Å². The normalized spacial score (nSPS) is 17.3. The van der Waals surface area contributed by atoms with Gasteiger partial charge in [0.1, 0.15) is 5.69 Å². The van der Waals surface area contributed by atoms with Crippen LogP contribution in [0.1, 0.15) is 38.2 Å². The number of nitrogens with zero attached hydrogens (tertiary/aromatic N) is 5. The van der Waals surface area contributed by atoms with E-state index < -0.39 is 0 Å². The molecule has 4 rings (SSSR count). The number of hydrogen-bond acceptors (Lipinski definition) is 5. The molecule has 1 fully saturated rings. The fraction of sp³-hybridized carbons (Fsp3) is 0.450. The molecule has 8 heteroatoms. The molecule has 2 amide bonds. The lowest BCUT2D eigenvalue weighted by Crippen LogP contribution is -2.59. The van der Waals surface area contributed by atoms with E-state index in [0.29, 0.717) is 17.5 Å². The van der Waals surface area contributed by atoms with Crippen LogP contribution in [0.4, 0.5) is 27.9 Å². The standard InChI is InChI=1S/C20H25ClN6O/c1-4-26-20(28)25(3)17-12-22-19(23-16-11-7-10-15(21)13(16)2)24-18(17)27(26)14-8-5-6-9-14/h7,10-12,14H,4-6,8-9H2,1-3H3,(H,22,23,24). The summed E-state index contributed by atoms with van der Waals surface area (Å²) in [5, 5.41) is 7.85. The molecule has 2 heterocycles. The van der Waals surface area contributed by atoms with Crippen LogP contribution in [0.25, 0.3) is 0 Å². The summed E-state index contributed by atoms with van der Waals surface area (Å²) in [4.78, 5) is 23.8. The van der Waals surface area contributed by atoms with E-state index in [1.807, 2.05) is 32.0 Å². The second kappa shape index (κ2) is 7.47. The Morgan fingerprint density at radius 3 is 2.75 bits per heavy atom. The van der Waals surface area contributed by atoms with E-state index in [1.54, 1.807) is 23.2 Å². The number of fused-ring (bicyclic) bond motifs is 1. The Kier molecular flexibility index (Phi) is 5.02. The summed E-state index contributed by atoms with van der Waals surface area (Å²) in [6.07, 6.45) is 6.20. The Labute approximate surface area is 170 Å². The first-order chi connectivity index (χ1) is 13.5. The first-order valence-electron chi connectivity index (χ1n) is 9.74. The molecule has 1 aromatic heterocycles. The number of benzene rings is 1. The summed E-state index contributed by atoms with van der Waals surface area (Å²) >= 11 is 6.24. The zero-order chi connectivity index (χ0) is 19.8. The zero-order valence-corrected chi connectivity index (χ0v) is 17.2. The maximum absolute atomic E-state index is 12.9. The minimum absolute atomic E-state index is 0.0445. The number of carbonyl (C=O) groups excluding carboxylic acids is 1. The van der Waals surface area contributed by atoms with E-state index >= 15 is 0 Å². The minimum atomic E-state index is -0.0445. The predicted molar refractivity (Wildman–Crippen MR) is 112 cm³/mol. The van der Waals surface area contributed by atoms with E-state index in [9.17, 15) is 4.79 Å². The Morgan fingerprint density at radius 1 is 1.29 bits per heavy atom. The number of aromatic nitrogens is 2. The van der Waals surface area contributed by atoms with Gasteiger partial charge in [0.2, 0.25) is 5.95 Å². The molecule has 2 aliphatic rings. The van der Waals surface area contributed by atoms with Crippen LogP contribution in [0.5, 0.6) is 0 Å². The highest BCUT2D eigenvalue weighted by molar-refractivity contribution is 6.31. The first-order valence-corrected chi connectivity index (χ1v) is 10.1. The van der Waals surface area contributed by atoms with E-state index in [4.69, 9.17) is 16.6 Å². The highest BCUT2D eigenvalue weighted by Gasteiger charge is 2.39. The Bertz CT molecular complexity index is 898. The van der Waals surface area contributed by atoms with Crippen molar-refractivity contribution >= 4 is 40.8 Å². The smallest absolute Gasteiger partial charge is 0.324 e. The Balaban J connectivity index is 1.75. The van der Waals surface area contributed by atoms with Crippen molar-refractivity contribution in [1.82, 2.24) is 15.0 Å². The maximum Gasteiger partial charge on any atom is 0.343 e. The second-order valence-electron chi connectivity index (χ2n) is 7.28.